The number of nitrogens with one attached hydrogen (secondary N) is 1. The molecule has 0 saturated heterocycles. The summed E-state index contributed by atoms with van der Waals surface area (Å²) in [4.78, 5) is 12.2. The molecule has 1 fully saturated rings. The van der Waals surface area contributed by atoms with E-state index in [1.807, 2.05) is 0 Å². The van der Waals surface area contributed by atoms with E-state index in [0.29, 0.717) is 5.56 Å². The van der Waals surface area contributed by atoms with Crippen LogP contribution in [-0.4, -0.2) is 16.5 Å². The second-order valence-electron chi connectivity index (χ2n) is 6.08. The molecular weight excluding hydrogens is 298 g/mol. The molecule has 0 radical (unpaired) electrons. The number of carbonyl (C=O) groups excluding carboxylic acids is 1. The summed E-state index contributed by atoms with van der Waals surface area (Å²) in [6.45, 7) is 0.0647. The zero-order valence-corrected chi connectivity index (χ0v) is 12.9. The SMILES string of the molecule is O=C(NC1CCCCC1)c1ccn(Cc2c(F)cccc2F)c1. The summed E-state index contributed by atoms with van der Waals surface area (Å²) < 4.78 is 29.0. The predicted molar refractivity (Wildman–Crippen MR) is 84.2 cm³/mol. The molecule has 5 heteroatoms. The second-order valence-corrected chi connectivity index (χ2v) is 6.08. The molecule has 0 spiro atoms. The topological polar surface area (TPSA) is 34.0 Å². The Bertz CT molecular complexity index is 670. The van der Waals surface area contributed by atoms with Crippen LogP contribution >= 0.6 is 0 Å². The van der Waals surface area contributed by atoms with Crippen LogP contribution in [0.4, 0.5) is 8.78 Å². The first-order valence-corrected chi connectivity index (χ1v) is 8.03. The normalized spacial score (nSPS) is 15.6. The van der Waals surface area contributed by atoms with Gasteiger partial charge < -0.3 is 9.88 Å². The number of hydrogen-bond acceptors (Lipinski definition) is 1. The summed E-state index contributed by atoms with van der Waals surface area (Å²) in [6, 6.07) is 5.73. The van der Waals surface area contributed by atoms with E-state index in [4.69, 9.17) is 0 Å². The van der Waals surface area contributed by atoms with E-state index in [-0.39, 0.29) is 24.1 Å². The Morgan fingerprint density at radius 2 is 1.83 bits per heavy atom. The van der Waals surface area contributed by atoms with Gasteiger partial charge >= 0.3 is 0 Å². The molecule has 122 valence electrons. The Morgan fingerprint density at radius 3 is 2.52 bits per heavy atom. The fourth-order valence-electron chi connectivity index (χ4n) is 3.06. The highest BCUT2D eigenvalue weighted by atomic mass is 19.1. The zero-order chi connectivity index (χ0) is 16.2. The lowest BCUT2D eigenvalue weighted by molar-refractivity contribution is 0.0927. The van der Waals surface area contributed by atoms with Gasteiger partial charge in [-0.25, -0.2) is 8.78 Å². The Kier molecular flexibility index (Phi) is 4.74. The van der Waals surface area contributed by atoms with E-state index in [0.717, 1.165) is 25.7 Å². The fourth-order valence-corrected chi connectivity index (χ4v) is 3.06. The number of rotatable bonds is 4. The van der Waals surface area contributed by atoms with Crippen molar-refractivity contribution in [1.82, 2.24) is 9.88 Å². The van der Waals surface area contributed by atoms with Crippen molar-refractivity contribution < 1.29 is 13.6 Å². The molecule has 1 amide bonds. The highest BCUT2D eigenvalue weighted by molar-refractivity contribution is 5.94. The van der Waals surface area contributed by atoms with Crippen molar-refractivity contribution in [3.63, 3.8) is 0 Å². The van der Waals surface area contributed by atoms with Crippen LogP contribution in [-0.2, 0) is 6.54 Å². The third kappa shape index (κ3) is 3.78. The van der Waals surface area contributed by atoms with Crippen LogP contribution in [0.2, 0.25) is 0 Å². The Balaban J connectivity index is 1.66. The number of amides is 1. The van der Waals surface area contributed by atoms with Crippen LogP contribution in [0, 0.1) is 11.6 Å². The summed E-state index contributed by atoms with van der Waals surface area (Å²) in [5, 5.41) is 3.03. The van der Waals surface area contributed by atoms with E-state index in [1.54, 1.807) is 23.0 Å². The maximum atomic E-state index is 13.7. The van der Waals surface area contributed by atoms with Crippen molar-refractivity contribution in [3.8, 4) is 0 Å². The first kappa shape index (κ1) is 15.7. The van der Waals surface area contributed by atoms with Gasteiger partial charge in [0.2, 0.25) is 0 Å². The summed E-state index contributed by atoms with van der Waals surface area (Å²) in [7, 11) is 0. The third-order valence-electron chi connectivity index (χ3n) is 4.36. The van der Waals surface area contributed by atoms with E-state index < -0.39 is 11.6 Å². The van der Waals surface area contributed by atoms with Gasteiger partial charge in [-0.15, -0.1) is 0 Å². The van der Waals surface area contributed by atoms with E-state index in [2.05, 4.69) is 5.32 Å². The lowest BCUT2D eigenvalue weighted by Crippen LogP contribution is -2.35. The Hall–Kier alpha value is -2.17. The molecule has 1 saturated carbocycles. The number of halogens is 2. The fraction of sp³-hybridized carbons (Fsp3) is 0.389. The van der Waals surface area contributed by atoms with Gasteiger partial charge in [0.05, 0.1) is 12.1 Å². The maximum absolute atomic E-state index is 13.7. The van der Waals surface area contributed by atoms with Crippen molar-refractivity contribution in [2.24, 2.45) is 0 Å². The lowest BCUT2D eigenvalue weighted by Gasteiger charge is -2.22. The molecule has 0 bridgehead atoms. The van der Waals surface area contributed by atoms with Gasteiger partial charge in [0.1, 0.15) is 11.6 Å². The predicted octanol–water partition coefficient (Wildman–Crippen LogP) is 3.88. The minimum atomic E-state index is -0.577. The van der Waals surface area contributed by atoms with E-state index in [1.165, 1.54) is 24.6 Å². The largest absolute Gasteiger partial charge is 0.349 e. The highest BCUT2D eigenvalue weighted by Gasteiger charge is 2.17. The maximum Gasteiger partial charge on any atom is 0.253 e. The molecule has 1 heterocycles. The van der Waals surface area contributed by atoms with Crippen molar-refractivity contribution >= 4 is 5.91 Å². The Labute approximate surface area is 134 Å². The molecule has 0 unspecified atom stereocenters. The first-order valence-electron chi connectivity index (χ1n) is 8.03. The molecule has 3 rings (SSSR count). The quantitative estimate of drug-likeness (QED) is 0.912. The smallest absolute Gasteiger partial charge is 0.253 e. The molecule has 1 N–H and O–H groups in total. The summed E-state index contributed by atoms with van der Waals surface area (Å²) in [6.07, 6.45) is 8.87. The standard InChI is InChI=1S/C18H20F2N2O/c19-16-7-4-8-17(20)15(16)12-22-10-9-13(11-22)18(23)21-14-5-2-1-3-6-14/h4,7-11,14H,1-3,5-6,12H2,(H,21,23). The minimum absolute atomic E-state index is 0.00217. The molecule has 1 aliphatic carbocycles. The number of benzene rings is 1. The van der Waals surface area contributed by atoms with Crippen molar-refractivity contribution in [2.45, 2.75) is 44.7 Å². The second kappa shape index (κ2) is 6.94. The minimum Gasteiger partial charge on any atom is -0.349 e. The molecule has 1 aromatic heterocycles. The number of nitrogens with zero attached hydrogens (tertiary/aromatic N) is 1. The van der Waals surface area contributed by atoms with Gasteiger partial charge in [0.25, 0.3) is 5.91 Å². The molecule has 1 aromatic carbocycles. The Morgan fingerprint density at radius 1 is 1.13 bits per heavy atom. The molecule has 3 nitrogen and oxygen atoms in total. The van der Waals surface area contributed by atoms with Gasteiger partial charge in [-0.2, -0.15) is 0 Å². The van der Waals surface area contributed by atoms with E-state index in [9.17, 15) is 13.6 Å². The monoisotopic (exact) mass is 318 g/mol. The molecule has 0 atom stereocenters. The van der Waals surface area contributed by atoms with Gasteiger partial charge in [-0.1, -0.05) is 25.3 Å². The van der Waals surface area contributed by atoms with Crippen LogP contribution in [0.1, 0.15) is 48.0 Å². The average Bonchev–Trinajstić information content (AvgIpc) is 3.01. The summed E-state index contributed by atoms with van der Waals surface area (Å²) in [5.41, 5.74) is 0.523. The highest BCUT2D eigenvalue weighted by Crippen LogP contribution is 2.18. The third-order valence-corrected chi connectivity index (χ3v) is 4.36. The lowest BCUT2D eigenvalue weighted by atomic mass is 9.95. The molecule has 2 aromatic rings. The van der Waals surface area contributed by atoms with Gasteiger partial charge in [0.15, 0.2) is 0 Å². The summed E-state index contributed by atoms with van der Waals surface area (Å²) >= 11 is 0. The van der Waals surface area contributed by atoms with Gasteiger partial charge in [0, 0.05) is 24.0 Å². The van der Waals surface area contributed by atoms with Crippen LogP contribution < -0.4 is 5.32 Å². The average molecular weight is 318 g/mol. The number of aromatic nitrogens is 1. The van der Waals surface area contributed by atoms with Crippen molar-refractivity contribution in [2.75, 3.05) is 0 Å². The molecule has 1 aliphatic rings. The van der Waals surface area contributed by atoms with Crippen molar-refractivity contribution in [1.29, 1.82) is 0 Å². The van der Waals surface area contributed by atoms with Crippen LogP contribution in [0.3, 0.4) is 0 Å². The molecule has 0 aliphatic heterocycles. The molecular formula is C18H20F2N2O. The van der Waals surface area contributed by atoms with Crippen LogP contribution in [0.25, 0.3) is 0 Å². The first-order chi connectivity index (χ1) is 11.1. The van der Waals surface area contributed by atoms with Crippen LogP contribution in [0.15, 0.2) is 36.7 Å². The van der Waals surface area contributed by atoms with E-state index >= 15 is 0 Å². The summed E-state index contributed by atoms with van der Waals surface area (Å²) in [5.74, 6) is -1.27. The van der Waals surface area contributed by atoms with Crippen molar-refractivity contribution in [3.05, 3.63) is 59.4 Å². The zero-order valence-electron chi connectivity index (χ0n) is 12.9. The molecule has 23 heavy (non-hydrogen) atoms. The van der Waals surface area contributed by atoms with Gasteiger partial charge in [-0.3, -0.25) is 4.79 Å². The van der Waals surface area contributed by atoms with Gasteiger partial charge in [-0.05, 0) is 31.0 Å². The van der Waals surface area contributed by atoms with Crippen LogP contribution in [0.5, 0.6) is 0 Å². The number of carbonyl (C=O) groups is 1. The number of hydrogen-bond donors (Lipinski definition) is 1.